The molecule has 0 radical (unpaired) electrons. The number of hydrogen-bond donors (Lipinski definition) is 3. The third-order valence-electron chi connectivity index (χ3n) is 9.26. The normalized spacial score (nSPS) is 24.9. The van der Waals surface area contributed by atoms with Gasteiger partial charge in [-0.15, -0.1) is 0 Å². The minimum atomic E-state index is -0.943. The molecule has 1 saturated heterocycles. The van der Waals surface area contributed by atoms with Crippen molar-refractivity contribution in [2.45, 2.75) is 175 Å². The van der Waals surface area contributed by atoms with E-state index in [2.05, 4.69) is 24.5 Å². The second-order valence-corrected chi connectivity index (χ2v) is 14.1. The van der Waals surface area contributed by atoms with Crippen molar-refractivity contribution >= 4 is 17.8 Å². The number of amides is 2. The third-order valence-corrected chi connectivity index (χ3v) is 9.26. The summed E-state index contributed by atoms with van der Waals surface area (Å²) < 4.78 is 11.7. The van der Waals surface area contributed by atoms with Crippen LogP contribution in [0, 0.1) is 17.3 Å². The van der Waals surface area contributed by atoms with E-state index in [9.17, 15) is 19.5 Å². The molecule has 0 spiro atoms. The number of carboxylic acids is 1. The molecule has 1 heterocycles. The maximum absolute atomic E-state index is 13.4. The molecule has 8 heteroatoms. The van der Waals surface area contributed by atoms with Crippen LogP contribution in [0.5, 0.6) is 0 Å². The zero-order valence-corrected chi connectivity index (χ0v) is 27.6. The predicted octanol–water partition coefficient (Wildman–Crippen LogP) is 7.14. The van der Waals surface area contributed by atoms with Crippen LogP contribution >= 0.6 is 0 Å². The number of aliphatic carboxylic acids is 1. The summed E-state index contributed by atoms with van der Waals surface area (Å²) in [5, 5.41) is 16.0. The van der Waals surface area contributed by atoms with Crippen molar-refractivity contribution in [1.29, 1.82) is 0 Å². The second-order valence-electron chi connectivity index (χ2n) is 14.1. The van der Waals surface area contributed by atoms with Gasteiger partial charge in [0.15, 0.2) is 5.79 Å². The Morgan fingerprint density at radius 1 is 0.905 bits per heavy atom. The summed E-state index contributed by atoms with van der Waals surface area (Å²) in [7, 11) is 0. The number of carboxylic acid groups (broad SMARTS) is 1. The lowest BCUT2D eigenvalue weighted by Gasteiger charge is -2.45. The molecule has 244 valence electrons. The highest BCUT2D eigenvalue weighted by atomic mass is 16.7. The summed E-state index contributed by atoms with van der Waals surface area (Å²) in [6.07, 6.45) is 17.0. The Morgan fingerprint density at radius 3 is 2.12 bits per heavy atom. The highest BCUT2D eigenvalue weighted by Gasteiger charge is 2.46. The first-order valence-electron chi connectivity index (χ1n) is 17.0. The van der Waals surface area contributed by atoms with Crippen molar-refractivity contribution in [3.8, 4) is 0 Å². The Balaban J connectivity index is 1.85. The van der Waals surface area contributed by atoms with Crippen molar-refractivity contribution in [2.75, 3.05) is 6.61 Å². The Kier molecular flexibility index (Phi) is 15.8. The molecular weight excluding hydrogens is 532 g/mol. The van der Waals surface area contributed by atoms with Gasteiger partial charge in [-0.1, -0.05) is 98.3 Å². The number of nitrogens with one attached hydrogen (secondary N) is 2. The van der Waals surface area contributed by atoms with Crippen molar-refractivity contribution in [2.24, 2.45) is 17.3 Å². The van der Waals surface area contributed by atoms with Crippen LogP contribution in [0.3, 0.4) is 0 Å². The number of unbranched alkanes of at least 4 members (excludes halogenated alkanes) is 9. The molecule has 2 amide bonds. The lowest BCUT2D eigenvalue weighted by molar-refractivity contribution is -0.304. The number of ether oxygens (including phenoxy) is 2. The number of carbonyl (C=O) groups is 3. The van der Waals surface area contributed by atoms with E-state index in [1.165, 1.54) is 57.8 Å². The Bertz CT molecular complexity index is 829. The highest BCUT2D eigenvalue weighted by Crippen LogP contribution is 2.36. The summed E-state index contributed by atoms with van der Waals surface area (Å²) in [5.74, 6) is -2.01. The molecule has 3 N–H and O–H groups in total. The van der Waals surface area contributed by atoms with Gasteiger partial charge in [-0.2, -0.15) is 0 Å². The summed E-state index contributed by atoms with van der Waals surface area (Å²) in [6, 6.07) is -0.519. The summed E-state index contributed by atoms with van der Waals surface area (Å²) in [5.41, 5.74) is -0.542. The van der Waals surface area contributed by atoms with E-state index < -0.39 is 29.3 Å². The zero-order chi connectivity index (χ0) is 31.2. The van der Waals surface area contributed by atoms with Crippen LogP contribution in [0.1, 0.15) is 151 Å². The quantitative estimate of drug-likeness (QED) is 0.137. The molecule has 0 aromatic heterocycles. The molecule has 1 saturated carbocycles. The topological polar surface area (TPSA) is 114 Å². The van der Waals surface area contributed by atoms with Gasteiger partial charge in [0.2, 0.25) is 11.8 Å². The SMILES string of the molecule is CCCCCCCCCCCCC(CC)C(=O)NC1CCCC(C(CC(=O)O)NC(=O)C2OC(C)(C)OCC2(C)C)C1. The van der Waals surface area contributed by atoms with Gasteiger partial charge in [-0.3, -0.25) is 14.4 Å². The molecule has 2 aliphatic rings. The standard InChI is InChI=1S/C34H62N2O6/c1-7-9-10-11-12-13-14-15-16-17-19-25(8-2)31(39)35-27-21-18-20-26(22-27)28(23-29(37)38)36-32(40)30-33(3,4)24-41-34(5,6)42-30/h25-28,30H,7-24H2,1-6H3,(H,35,39)(H,36,40)(H,37,38). The van der Waals surface area contributed by atoms with E-state index in [4.69, 9.17) is 9.47 Å². The fraction of sp³-hybridized carbons (Fsp3) is 0.912. The van der Waals surface area contributed by atoms with Crippen LogP contribution in [0.2, 0.25) is 0 Å². The van der Waals surface area contributed by atoms with Crippen LogP contribution in [0.4, 0.5) is 0 Å². The zero-order valence-electron chi connectivity index (χ0n) is 27.6. The van der Waals surface area contributed by atoms with Crippen molar-refractivity contribution in [1.82, 2.24) is 10.6 Å². The molecule has 8 nitrogen and oxygen atoms in total. The smallest absolute Gasteiger partial charge is 0.305 e. The molecule has 2 fully saturated rings. The molecule has 42 heavy (non-hydrogen) atoms. The lowest BCUT2D eigenvalue weighted by atomic mass is 9.79. The van der Waals surface area contributed by atoms with Gasteiger partial charge in [-0.05, 0) is 51.9 Å². The minimum Gasteiger partial charge on any atom is -0.481 e. The first-order chi connectivity index (χ1) is 19.9. The Labute approximate surface area is 255 Å². The van der Waals surface area contributed by atoms with E-state index in [0.29, 0.717) is 13.0 Å². The minimum absolute atomic E-state index is 0.000843. The molecule has 0 aromatic rings. The average molecular weight is 595 g/mol. The monoisotopic (exact) mass is 594 g/mol. The Hall–Kier alpha value is -1.67. The van der Waals surface area contributed by atoms with E-state index in [-0.39, 0.29) is 36.1 Å². The van der Waals surface area contributed by atoms with Gasteiger partial charge in [0, 0.05) is 23.4 Å². The van der Waals surface area contributed by atoms with Crippen LogP contribution < -0.4 is 10.6 Å². The van der Waals surface area contributed by atoms with E-state index in [1.54, 1.807) is 13.8 Å². The Morgan fingerprint density at radius 2 is 1.52 bits per heavy atom. The van der Waals surface area contributed by atoms with Crippen LogP contribution in [-0.4, -0.2) is 53.5 Å². The van der Waals surface area contributed by atoms with E-state index in [0.717, 1.165) is 38.5 Å². The molecule has 2 rings (SSSR count). The van der Waals surface area contributed by atoms with Gasteiger partial charge in [0.25, 0.3) is 0 Å². The largest absolute Gasteiger partial charge is 0.481 e. The summed E-state index contributed by atoms with van der Waals surface area (Å²) in [4.78, 5) is 38.4. The van der Waals surface area contributed by atoms with Crippen LogP contribution in [0.15, 0.2) is 0 Å². The third kappa shape index (κ3) is 12.9. The van der Waals surface area contributed by atoms with Crippen LogP contribution in [0.25, 0.3) is 0 Å². The first kappa shape index (κ1) is 36.5. The summed E-state index contributed by atoms with van der Waals surface area (Å²) in [6.45, 7) is 12.1. The van der Waals surface area contributed by atoms with Crippen LogP contribution in [-0.2, 0) is 23.9 Å². The number of hydrogen-bond acceptors (Lipinski definition) is 5. The average Bonchev–Trinajstić information content (AvgIpc) is 2.92. The van der Waals surface area contributed by atoms with Gasteiger partial charge in [0.05, 0.1) is 13.0 Å². The van der Waals surface area contributed by atoms with Crippen molar-refractivity contribution in [3.05, 3.63) is 0 Å². The molecule has 5 unspecified atom stereocenters. The number of carbonyl (C=O) groups excluding carboxylic acids is 2. The number of rotatable bonds is 19. The lowest BCUT2D eigenvalue weighted by Crippen LogP contribution is -2.59. The first-order valence-corrected chi connectivity index (χ1v) is 17.0. The molecule has 5 atom stereocenters. The van der Waals surface area contributed by atoms with Crippen molar-refractivity contribution in [3.63, 3.8) is 0 Å². The van der Waals surface area contributed by atoms with E-state index in [1.807, 2.05) is 13.8 Å². The van der Waals surface area contributed by atoms with E-state index >= 15 is 0 Å². The molecule has 1 aliphatic carbocycles. The van der Waals surface area contributed by atoms with Gasteiger partial charge in [-0.25, -0.2) is 0 Å². The fourth-order valence-electron chi connectivity index (χ4n) is 6.55. The molecule has 0 aromatic carbocycles. The summed E-state index contributed by atoms with van der Waals surface area (Å²) >= 11 is 0. The maximum Gasteiger partial charge on any atom is 0.305 e. The van der Waals surface area contributed by atoms with Gasteiger partial charge >= 0.3 is 5.97 Å². The molecular formula is C34H62N2O6. The fourth-order valence-corrected chi connectivity index (χ4v) is 6.55. The predicted molar refractivity (Wildman–Crippen MR) is 167 cm³/mol. The van der Waals surface area contributed by atoms with Gasteiger partial charge in [0.1, 0.15) is 6.10 Å². The maximum atomic E-state index is 13.4. The highest BCUT2D eigenvalue weighted by molar-refractivity contribution is 5.83. The molecule has 1 aliphatic heterocycles. The van der Waals surface area contributed by atoms with Gasteiger partial charge < -0.3 is 25.2 Å². The second kappa shape index (κ2) is 18.2. The van der Waals surface area contributed by atoms with Crippen molar-refractivity contribution < 1.29 is 29.0 Å². The molecule has 0 bridgehead atoms.